The van der Waals surface area contributed by atoms with Crippen molar-refractivity contribution in [2.24, 2.45) is 0 Å². The van der Waals surface area contributed by atoms with Crippen LogP contribution in [0.5, 0.6) is 0 Å². The monoisotopic (exact) mass is 343 g/mol. The molecule has 0 aliphatic carbocycles. The maximum atomic E-state index is 13.1. The van der Waals surface area contributed by atoms with Gasteiger partial charge >= 0.3 is 5.69 Å². The number of aromatic amines is 1. The Bertz CT molecular complexity index is 803. The van der Waals surface area contributed by atoms with E-state index < -0.39 is 0 Å². The van der Waals surface area contributed by atoms with E-state index in [0.29, 0.717) is 18.5 Å². The molecule has 3 rings (SSSR count). The molecule has 5 nitrogen and oxygen atoms in total. The van der Waals surface area contributed by atoms with Crippen LogP contribution in [0, 0.1) is 19.7 Å². The van der Waals surface area contributed by atoms with E-state index in [2.05, 4.69) is 9.97 Å². The van der Waals surface area contributed by atoms with E-state index >= 15 is 0 Å². The number of benzene rings is 1. The lowest BCUT2D eigenvalue weighted by Crippen LogP contribution is -2.31. The van der Waals surface area contributed by atoms with Crippen molar-refractivity contribution < 1.29 is 9.18 Å². The molecule has 0 spiro atoms. The van der Waals surface area contributed by atoms with E-state index in [1.54, 1.807) is 19.1 Å². The summed E-state index contributed by atoms with van der Waals surface area (Å²) in [6.07, 6.45) is 2.77. The van der Waals surface area contributed by atoms with Crippen LogP contribution in [0.1, 0.15) is 47.8 Å². The van der Waals surface area contributed by atoms with Gasteiger partial charge in [0.2, 0.25) is 5.91 Å². The summed E-state index contributed by atoms with van der Waals surface area (Å²) in [6, 6.07) is 6.41. The largest absolute Gasteiger partial charge is 0.345 e. The molecule has 1 aliphatic heterocycles. The zero-order chi connectivity index (χ0) is 18.0. The number of nitrogens with zero attached hydrogens (tertiary/aromatic N) is 2. The molecule has 25 heavy (non-hydrogen) atoms. The van der Waals surface area contributed by atoms with Crippen molar-refractivity contribution >= 4 is 5.91 Å². The highest BCUT2D eigenvalue weighted by Crippen LogP contribution is 2.32. The summed E-state index contributed by atoms with van der Waals surface area (Å²) in [6.45, 7) is 4.34. The van der Waals surface area contributed by atoms with Gasteiger partial charge in [-0.1, -0.05) is 12.1 Å². The standard InChI is InChI=1S/C19H22FN3O2/c1-12-16(13(2)22-19(25)21-12)9-10-18(24)23-11-3-4-17(23)14-5-7-15(20)8-6-14/h5-8,17H,3-4,9-11H2,1-2H3,(H,21,22,25). The van der Waals surface area contributed by atoms with Gasteiger partial charge in [-0.25, -0.2) is 9.18 Å². The van der Waals surface area contributed by atoms with Gasteiger partial charge in [-0.2, -0.15) is 4.98 Å². The average Bonchev–Trinajstić information content (AvgIpc) is 3.04. The molecule has 1 atom stereocenters. The minimum atomic E-state index is -0.360. The Balaban J connectivity index is 1.70. The molecule has 1 unspecified atom stereocenters. The normalized spacial score (nSPS) is 17.1. The molecule has 0 radical (unpaired) electrons. The fourth-order valence-corrected chi connectivity index (χ4v) is 3.60. The number of carbonyl (C=O) groups is 1. The number of carbonyl (C=O) groups excluding carboxylic acids is 1. The molecule has 132 valence electrons. The molecule has 1 saturated heterocycles. The number of aromatic nitrogens is 2. The third kappa shape index (κ3) is 3.78. The van der Waals surface area contributed by atoms with Gasteiger partial charge in [-0.05, 0) is 56.4 Å². The molecule has 2 aromatic rings. The van der Waals surface area contributed by atoms with Crippen LogP contribution in [0.25, 0.3) is 0 Å². The molecule has 0 bridgehead atoms. The van der Waals surface area contributed by atoms with Gasteiger partial charge in [-0.15, -0.1) is 0 Å². The van der Waals surface area contributed by atoms with Crippen LogP contribution in [0.3, 0.4) is 0 Å². The van der Waals surface area contributed by atoms with Crippen molar-refractivity contribution in [2.45, 2.75) is 45.6 Å². The van der Waals surface area contributed by atoms with E-state index in [4.69, 9.17) is 0 Å². The Morgan fingerprint density at radius 1 is 1.32 bits per heavy atom. The summed E-state index contributed by atoms with van der Waals surface area (Å²) >= 11 is 0. The van der Waals surface area contributed by atoms with Crippen LogP contribution in [-0.4, -0.2) is 27.3 Å². The summed E-state index contributed by atoms with van der Waals surface area (Å²) in [5.74, 6) is -0.187. The van der Waals surface area contributed by atoms with Crippen LogP contribution in [0.4, 0.5) is 4.39 Å². The summed E-state index contributed by atoms with van der Waals surface area (Å²) in [5.41, 5.74) is 2.98. The summed E-state index contributed by atoms with van der Waals surface area (Å²) < 4.78 is 13.1. The van der Waals surface area contributed by atoms with Crippen LogP contribution in [-0.2, 0) is 11.2 Å². The predicted molar refractivity (Wildman–Crippen MR) is 92.7 cm³/mol. The van der Waals surface area contributed by atoms with E-state index in [1.807, 2.05) is 11.8 Å². The summed E-state index contributed by atoms with van der Waals surface area (Å²) in [7, 11) is 0. The highest BCUT2D eigenvalue weighted by molar-refractivity contribution is 5.77. The highest BCUT2D eigenvalue weighted by atomic mass is 19.1. The molecular formula is C19H22FN3O2. The first-order chi connectivity index (χ1) is 12.0. The second kappa shape index (κ2) is 7.17. The molecule has 0 saturated carbocycles. The van der Waals surface area contributed by atoms with E-state index in [0.717, 1.165) is 36.2 Å². The first kappa shape index (κ1) is 17.3. The number of nitrogens with one attached hydrogen (secondary N) is 1. The van der Waals surface area contributed by atoms with Gasteiger partial charge < -0.3 is 9.88 Å². The number of amides is 1. The Hall–Kier alpha value is -2.50. The van der Waals surface area contributed by atoms with Gasteiger partial charge in [0.15, 0.2) is 0 Å². The number of halogens is 1. The molecule has 1 aromatic carbocycles. The number of aryl methyl sites for hydroxylation is 2. The number of hydrogen-bond donors (Lipinski definition) is 1. The Morgan fingerprint density at radius 2 is 2.04 bits per heavy atom. The van der Waals surface area contributed by atoms with Crippen molar-refractivity contribution in [3.05, 3.63) is 63.1 Å². The number of likely N-dealkylation sites (tertiary alicyclic amines) is 1. The second-order valence-corrected chi connectivity index (χ2v) is 6.53. The van der Waals surface area contributed by atoms with Crippen LogP contribution in [0.2, 0.25) is 0 Å². The Kier molecular flexibility index (Phi) is 4.97. The molecule has 2 heterocycles. The summed E-state index contributed by atoms with van der Waals surface area (Å²) in [5, 5.41) is 0. The molecule has 1 N–H and O–H groups in total. The fraction of sp³-hybridized carbons (Fsp3) is 0.421. The fourth-order valence-electron chi connectivity index (χ4n) is 3.60. The zero-order valence-corrected chi connectivity index (χ0v) is 14.5. The first-order valence-electron chi connectivity index (χ1n) is 8.57. The Labute approximate surface area is 145 Å². The van der Waals surface area contributed by atoms with E-state index in [9.17, 15) is 14.0 Å². The molecule has 1 fully saturated rings. The molecule has 1 aromatic heterocycles. The van der Waals surface area contributed by atoms with Crippen molar-refractivity contribution in [3.63, 3.8) is 0 Å². The molecule has 1 amide bonds. The number of hydrogen-bond acceptors (Lipinski definition) is 3. The van der Waals surface area contributed by atoms with Crippen molar-refractivity contribution in [3.8, 4) is 0 Å². The van der Waals surface area contributed by atoms with Crippen LogP contribution >= 0.6 is 0 Å². The third-order valence-electron chi connectivity index (χ3n) is 4.87. The van der Waals surface area contributed by atoms with Crippen LogP contribution in [0.15, 0.2) is 29.1 Å². The van der Waals surface area contributed by atoms with Gasteiger partial charge in [0.1, 0.15) is 5.82 Å². The molecule has 1 aliphatic rings. The van der Waals surface area contributed by atoms with Gasteiger partial charge in [0.05, 0.1) is 6.04 Å². The lowest BCUT2D eigenvalue weighted by molar-refractivity contribution is -0.132. The predicted octanol–water partition coefficient (Wildman–Crippen LogP) is 2.82. The molecular weight excluding hydrogens is 321 g/mol. The average molecular weight is 343 g/mol. The lowest BCUT2D eigenvalue weighted by atomic mass is 10.0. The number of rotatable bonds is 4. The van der Waals surface area contributed by atoms with Gasteiger partial charge in [0, 0.05) is 24.4 Å². The van der Waals surface area contributed by atoms with Crippen molar-refractivity contribution in [1.29, 1.82) is 0 Å². The maximum absolute atomic E-state index is 13.1. The van der Waals surface area contributed by atoms with Gasteiger partial charge in [-0.3, -0.25) is 4.79 Å². The first-order valence-corrected chi connectivity index (χ1v) is 8.57. The minimum Gasteiger partial charge on any atom is -0.336 e. The minimum absolute atomic E-state index is 0.0176. The Morgan fingerprint density at radius 3 is 2.72 bits per heavy atom. The number of H-pyrrole nitrogens is 1. The lowest BCUT2D eigenvalue weighted by Gasteiger charge is -2.25. The SMILES string of the molecule is Cc1nc(=O)[nH]c(C)c1CCC(=O)N1CCCC1c1ccc(F)cc1. The van der Waals surface area contributed by atoms with E-state index in [-0.39, 0.29) is 23.5 Å². The summed E-state index contributed by atoms with van der Waals surface area (Å²) in [4.78, 5) is 32.6. The highest BCUT2D eigenvalue weighted by Gasteiger charge is 2.29. The quantitative estimate of drug-likeness (QED) is 0.928. The van der Waals surface area contributed by atoms with Gasteiger partial charge in [0.25, 0.3) is 0 Å². The van der Waals surface area contributed by atoms with Crippen LogP contribution < -0.4 is 5.69 Å². The second-order valence-electron chi connectivity index (χ2n) is 6.53. The van der Waals surface area contributed by atoms with Crippen molar-refractivity contribution in [1.82, 2.24) is 14.9 Å². The zero-order valence-electron chi connectivity index (χ0n) is 14.5. The topological polar surface area (TPSA) is 66.1 Å². The smallest absolute Gasteiger partial charge is 0.336 e. The van der Waals surface area contributed by atoms with E-state index in [1.165, 1.54) is 12.1 Å². The van der Waals surface area contributed by atoms with Crippen molar-refractivity contribution in [2.75, 3.05) is 6.54 Å². The molecule has 6 heteroatoms. The third-order valence-corrected chi connectivity index (χ3v) is 4.87. The maximum Gasteiger partial charge on any atom is 0.345 e.